The number of carbonyl (C=O) groups excluding carboxylic acids is 1. The Labute approximate surface area is 47.9 Å². The van der Waals surface area contributed by atoms with Gasteiger partial charge in [0.15, 0.2) is 0 Å². The highest BCUT2D eigenvalue weighted by molar-refractivity contribution is 5.38. The normalized spacial score (nSPS) is 7.62. The van der Waals surface area contributed by atoms with Gasteiger partial charge in [0.25, 0.3) is 5.95 Å². The van der Waals surface area contributed by atoms with E-state index >= 15 is 0 Å². The van der Waals surface area contributed by atoms with Gasteiger partial charge in [-0.1, -0.05) is 0 Å². The van der Waals surface area contributed by atoms with Crippen LogP contribution in [0.15, 0.2) is 12.5 Å². The zero-order chi connectivity index (χ0) is 6.41. The predicted molar refractivity (Wildman–Crippen MR) is 27.9 cm³/mol. The summed E-state index contributed by atoms with van der Waals surface area (Å²) in [6.07, 6.45) is 0. The van der Waals surface area contributed by atoms with E-state index in [0.29, 0.717) is 6.61 Å². The second-order valence-corrected chi connectivity index (χ2v) is 1.02. The summed E-state index contributed by atoms with van der Waals surface area (Å²) < 4.78 is 8.82. The van der Waals surface area contributed by atoms with E-state index in [0.717, 1.165) is 0 Å². The minimum atomic E-state index is 0.0440. The van der Waals surface area contributed by atoms with E-state index in [9.17, 15) is 4.79 Å². The average Bonchev–Trinajstić information content (AvgIpc) is 1.68. The lowest BCUT2D eigenvalue weighted by Gasteiger charge is -2.00. The number of carbonyl (C=O) groups is 1. The fourth-order valence-electron chi connectivity index (χ4n) is 0.249. The summed E-state index contributed by atoms with van der Waals surface area (Å²) in [7, 11) is 0. The van der Waals surface area contributed by atoms with Gasteiger partial charge in [-0.05, 0) is 13.5 Å². The monoisotopic (exact) mass is 116 g/mol. The second-order valence-electron chi connectivity index (χ2n) is 1.02. The molecular formula is C5H8O3. The summed E-state index contributed by atoms with van der Waals surface area (Å²) in [6.45, 7) is 5.78. The van der Waals surface area contributed by atoms with Crippen LogP contribution < -0.4 is 0 Å². The Kier molecular flexibility index (Phi) is 3.66. The number of hydrogen-bond donors (Lipinski definition) is 0. The molecule has 46 valence electrons. The van der Waals surface area contributed by atoms with Crippen molar-refractivity contribution in [2.24, 2.45) is 0 Å². The molecule has 0 aliphatic rings. The Morgan fingerprint density at radius 1 is 1.88 bits per heavy atom. The molecule has 0 aromatic heterocycles. The summed E-state index contributed by atoms with van der Waals surface area (Å²) in [5.41, 5.74) is 0. The lowest BCUT2D eigenvalue weighted by molar-refractivity contribution is -0.129. The van der Waals surface area contributed by atoms with Gasteiger partial charge in [-0.3, -0.25) is 4.79 Å². The van der Waals surface area contributed by atoms with Gasteiger partial charge in [-0.25, -0.2) is 0 Å². The fourth-order valence-corrected chi connectivity index (χ4v) is 0.249. The lowest BCUT2D eigenvalue weighted by atomic mass is 10.8. The third-order valence-electron chi connectivity index (χ3n) is 0.485. The van der Waals surface area contributed by atoms with Gasteiger partial charge in [0, 0.05) is 0 Å². The van der Waals surface area contributed by atoms with Crippen LogP contribution in [0.3, 0.4) is 0 Å². The first-order valence-electron chi connectivity index (χ1n) is 2.23. The van der Waals surface area contributed by atoms with Crippen LogP contribution in [0, 0.1) is 0 Å². The average molecular weight is 116 g/mol. The van der Waals surface area contributed by atoms with E-state index < -0.39 is 0 Å². The van der Waals surface area contributed by atoms with Crippen molar-refractivity contribution in [2.75, 3.05) is 6.61 Å². The van der Waals surface area contributed by atoms with Crippen LogP contribution in [0.25, 0.3) is 0 Å². The van der Waals surface area contributed by atoms with Crippen LogP contribution in [0.2, 0.25) is 0 Å². The van der Waals surface area contributed by atoms with Gasteiger partial charge in [0.2, 0.25) is 0 Å². The Morgan fingerprint density at radius 3 is 2.88 bits per heavy atom. The standard InChI is InChI=1S/C5H8O3/c1-3-7-5(2)8-4-6/h4H,2-3H2,1H3. The molecule has 0 aromatic rings. The van der Waals surface area contributed by atoms with E-state index in [-0.39, 0.29) is 12.4 Å². The van der Waals surface area contributed by atoms with Crippen LogP contribution in [-0.4, -0.2) is 13.1 Å². The minimum absolute atomic E-state index is 0.0440. The molecule has 0 aliphatic heterocycles. The smallest absolute Gasteiger partial charge is 0.300 e. The third-order valence-corrected chi connectivity index (χ3v) is 0.485. The number of ether oxygens (including phenoxy) is 2. The van der Waals surface area contributed by atoms with Crippen molar-refractivity contribution in [1.29, 1.82) is 0 Å². The fraction of sp³-hybridized carbons (Fsp3) is 0.400. The summed E-state index contributed by atoms with van der Waals surface area (Å²) in [5, 5.41) is 0. The molecule has 0 amide bonds. The first-order chi connectivity index (χ1) is 3.81. The topological polar surface area (TPSA) is 35.5 Å². The first kappa shape index (κ1) is 7.01. The van der Waals surface area contributed by atoms with Gasteiger partial charge in [-0.15, -0.1) is 0 Å². The zero-order valence-corrected chi connectivity index (χ0v) is 4.72. The maximum atomic E-state index is 9.53. The minimum Gasteiger partial charge on any atom is -0.466 e. The summed E-state index contributed by atoms with van der Waals surface area (Å²) in [6, 6.07) is 0. The molecule has 8 heavy (non-hydrogen) atoms. The van der Waals surface area contributed by atoms with Crippen LogP contribution >= 0.6 is 0 Å². The second kappa shape index (κ2) is 4.18. The zero-order valence-electron chi connectivity index (χ0n) is 4.72. The molecular weight excluding hydrogens is 108 g/mol. The van der Waals surface area contributed by atoms with Gasteiger partial charge in [0.1, 0.15) is 0 Å². The highest BCUT2D eigenvalue weighted by Crippen LogP contribution is 1.90. The molecule has 0 rings (SSSR count). The van der Waals surface area contributed by atoms with Crippen molar-refractivity contribution >= 4 is 6.47 Å². The van der Waals surface area contributed by atoms with Crippen molar-refractivity contribution in [1.82, 2.24) is 0 Å². The third kappa shape index (κ3) is 3.21. The summed E-state index contributed by atoms with van der Waals surface area (Å²) in [4.78, 5) is 9.53. The van der Waals surface area contributed by atoms with Crippen LogP contribution in [-0.2, 0) is 14.3 Å². The van der Waals surface area contributed by atoms with Gasteiger partial charge < -0.3 is 9.47 Å². The molecule has 0 aromatic carbocycles. The first-order valence-corrected chi connectivity index (χ1v) is 2.23. The van der Waals surface area contributed by atoms with Crippen LogP contribution in [0.1, 0.15) is 6.92 Å². The molecule has 3 heteroatoms. The van der Waals surface area contributed by atoms with Crippen molar-refractivity contribution in [3.8, 4) is 0 Å². The van der Waals surface area contributed by atoms with Crippen molar-refractivity contribution in [3.05, 3.63) is 12.5 Å². The molecule has 0 aliphatic carbocycles. The molecule has 0 saturated carbocycles. The highest BCUT2D eigenvalue weighted by atomic mass is 16.7. The van der Waals surface area contributed by atoms with Gasteiger partial charge in [0.05, 0.1) is 6.61 Å². The van der Waals surface area contributed by atoms with Gasteiger partial charge >= 0.3 is 6.47 Å². The lowest BCUT2D eigenvalue weighted by Crippen LogP contribution is -1.92. The maximum Gasteiger partial charge on any atom is 0.300 e. The molecule has 3 nitrogen and oxygen atoms in total. The van der Waals surface area contributed by atoms with Crippen molar-refractivity contribution in [3.63, 3.8) is 0 Å². The molecule has 0 unspecified atom stereocenters. The van der Waals surface area contributed by atoms with Crippen LogP contribution in [0.5, 0.6) is 0 Å². The van der Waals surface area contributed by atoms with E-state index in [2.05, 4.69) is 16.1 Å². The molecule has 0 saturated heterocycles. The summed E-state index contributed by atoms with van der Waals surface area (Å²) in [5.74, 6) is 0.0440. The maximum absolute atomic E-state index is 9.53. The predicted octanol–water partition coefficient (Wildman–Crippen LogP) is 0.667. The molecule has 0 fully saturated rings. The molecule has 0 radical (unpaired) electrons. The van der Waals surface area contributed by atoms with E-state index in [4.69, 9.17) is 0 Å². The molecule has 0 bridgehead atoms. The Balaban J connectivity index is 3.18. The summed E-state index contributed by atoms with van der Waals surface area (Å²) >= 11 is 0. The van der Waals surface area contributed by atoms with Crippen LogP contribution in [0.4, 0.5) is 0 Å². The van der Waals surface area contributed by atoms with E-state index in [1.165, 1.54) is 0 Å². The van der Waals surface area contributed by atoms with E-state index in [1.807, 2.05) is 0 Å². The largest absolute Gasteiger partial charge is 0.466 e. The van der Waals surface area contributed by atoms with E-state index in [1.54, 1.807) is 6.92 Å². The SMILES string of the molecule is C=C(OC=O)OCC. The number of hydrogen-bond acceptors (Lipinski definition) is 3. The van der Waals surface area contributed by atoms with Crippen molar-refractivity contribution < 1.29 is 14.3 Å². The Bertz CT molecular complexity index is 87.7. The molecule has 0 heterocycles. The molecule has 0 spiro atoms. The Morgan fingerprint density at radius 2 is 2.50 bits per heavy atom. The van der Waals surface area contributed by atoms with Crippen molar-refractivity contribution in [2.45, 2.75) is 6.92 Å². The highest BCUT2D eigenvalue weighted by Gasteiger charge is 1.87. The quantitative estimate of drug-likeness (QED) is 0.400. The number of rotatable bonds is 4. The van der Waals surface area contributed by atoms with Gasteiger partial charge in [-0.2, -0.15) is 0 Å². The molecule has 0 atom stereocenters. The molecule has 0 N–H and O–H groups in total. The Hall–Kier alpha value is -0.990.